The van der Waals surface area contributed by atoms with Gasteiger partial charge in [0.05, 0.1) is 17.7 Å². The minimum absolute atomic E-state index is 0.00106. The van der Waals surface area contributed by atoms with E-state index in [4.69, 9.17) is 5.26 Å². The van der Waals surface area contributed by atoms with Crippen molar-refractivity contribution in [2.45, 2.75) is 26.4 Å². The number of rotatable bonds is 5. The maximum Gasteiger partial charge on any atom is 0.236 e. The van der Waals surface area contributed by atoms with Crippen molar-refractivity contribution in [2.75, 3.05) is 6.54 Å². The number of hydrogen-bond acceptors (Lipinski definition) is 3. The quantitative estimate of drug-likeness (QED) is 0.799. The summed E-state index contributed by atoms with van der Waals surface area (Å²) in [5.41, 5.74) is 1.70. The number of nitrogens with one attached hydrogen (secondary N) is 2. The first-order valence-electron chi connectivity index (χ1n) is 5.67. The third-order valence-corrected chi connectivity index (χ3v) is 2.44. The number of benzene rings is 1. The van der Waals surface area contributed by atoms with E-state index in [-0.39, 0.29) is 11.9 Å². The van der Waals surface area contributed by atoms with Crippen LogP contribution in [0.4, 0.5) is 0 Å². The standard InChI is InChI=1S/C13H17N3O/c1-3-15-13(17)10(2)16-9-12-6-4-11(8-14)5-7-12/h4-7,10,16H,3,9H2,1-2H3,(H,15,17). The molecule has 2 N–H and O–H groups in total. The van der Waals surface area contributed by atoms with E-state index in [9.17, 15) is 4.79 Å². The molecule has 1 amide bonds. The van der Waals surface area contributed by atoms with Crippen LogP contribution in [0, 0.1) is 11.3 Å². The van der Waals surface area contributed by atoms with Crippen LogP contribution in [0.3, 0.4) is 0 Å². The van der Waals surface area contributed by atoms with Crippen LogP contribution < -0.4 is 10.6 Å². The van der Waals surface area contributed by atoms with Crippen molar-refractivity contribution in [1.29, 1.82) is 5.26 Å². The van der Waals surface area contributed by atoms with E-state index in [1.807, 2.05) is 26.0 Å². The zero-order valence-corrected chi connectivity index (χ0v) is 10.2. The molecule has 1 atom stereocenters. The van der Waals surface area contributed by atoms with Crippen LogP contribution in [0.25, 0.3) is 0 Å². The lowest BCUT2D eigenvalue weighted by Crippen LogP contribution is -2.41. The molecule has 0 heterocycles. The van der Waals surface area contributed by atoms with Gasteiger partial charge in [-0.05, 0) is 31.5 Å². The van der Waals surface area contributed by atoms with Gasteiger partial charge < -0.3 is 10.6 Å². The highest BCUT2D eigenvalue weighted by molar-refractivity contribution is 5.81. The lowest BCUT2D eigenvalue weighted by atomic mass is 10.1. The van der Waals surface area contributed by atoms with Gasteiger partial charge in [0, 0.05) is 13.1 Å². The van der Waals surface area contributed by atoms with Gasteiger partial charge in [-0.2, -0.15) is 5.26 Å². The van der Waals surface area contributed by atoms with E-state index >= 15 is 0 Å². The molecule has 1 unspecified atom stereocenters. The first-order chi connectivity index (χ1) is 8.17. The molecule has 90 valence electrons. The maximum absolute atomic E-state index is 11.4. The van der Waals surface area contributed by atoms with Gasteiger partial charge in [0.15, 0.2) is 0 Å². The van der Waals surface area contributed by atoms with Crippen LogP contribution in [0.1, 0.15) is 25.0 Å². The fourth-order valence-electron chi connectivity index (χ4n) is 1.39. The summed E-state index contributed by atoms with van der Waals surface area (Å²) in [6, 6.07) is 9.17. The molecule has 0 fully saturated rings. The highest BCUT2D eigenvalue weighted by Gasteiger charge is 2.10. The van der Waals surface area contributed by atoms with Gasteiger partial charge in [0.2, 0.25) is 5.91 Å². The van der Waals surface area contributed by atoms with Crippen molar-refractivity contribution < 1.29 is 4.79 Å². The molecule has 0 aliphatic rings. The predicted molar refractivity (Wildman–Crippen MR) is 66.1 cm³/mol. The minimum atomic E-state index is -0.217. The Morgan fingerprint density at radius 1 is 1.41 bits per heavy atom. The Balaban J connectivity index is 2.44. The average Bonchev–Trinajstić information content (AvgIpc) is 2.36. The number of nitrogens with zero attached hydrogens (tertiary/aromatic N) is 1. The van der Waals surface area contributed by atoms with E-state index in [0.29, 0.717) is 18.7 Å². The van der Waals surface area contributed by atoms with Crippen LogP contribution in [0.15, 0.2) is 24.3 Å². The van der Waals surface area contributed by atoms with Crippen LogP contribution in [-0.2, 0) is 11.3 Å². The number of hydrogen-bond donors (Lipinski definition) is 2. The van der Waals surface area contributed by atoms with E-state index in [2.05, 4.69) is 16.7 Å². The van der Waals surface area contributed by atoms with Gasteiger partial charge in [0.25, 0.3) is 0 Å². The molecular formula is C13H17N3O. The van der Waals surface area contributed by atoms with E-state index in [1.165, 1.54) is 0 Å². The number of likely N-dealkylation sites (N-methyl/N-ethyl adjacent to an activating group) is 1. The van der Waals surface area contributed by atoms with Crippen molar-refractivity contribution in [3.63, 3.8) is 0 Å². The molecule has 0 saturated heterocycles. The van der Waals surface area contributed by atoms with Crippen molar-refractivity contribution in [3.8, 4) is 6.07 Å². The number of amides is 1. The normalized spacial score (nSPS) is 11.6. The SMILES string of the molecule is CCNC(=O)C(C)NCc1ccc(C#N)cc1. The molecule has 0 radical (unpaired) electrons. The highest BCUT2D eigenvalue weighted by atomic mass is 16.2. The van der Waals surface area contributed by atoms with Crippen molar-refractivity contribution in [1.82, 2.24) is 10.6 Å². The van der Waals surface area contributed by atoms with Crippen molar-refractivity contribution in [3.05, 3.63) is 35.4 Å². The topological polar surface area (TPSA) is 64.9 Å². The summed E-state index contributed by atoms with van der Waals surface area (Å²) in [6.45, 7) is 4.98. The zero-order chi connectivity index (χ0) is 12.7. The summed E-state index contributed by atoms with van der Waals surface area (Å²) >= 11 is 0. The number of nitriles is 1. The largest absolute Gasteiger partial charge is 0.355 e. The molecular weight excluding hydrogens is 214 g/mol. The van der Waals surface area contributed by atoms with Crippen molar-refractivity contribution in [2.24, 2.45) is 0 Å². The molecule has 0 saturated carbocycles. The maximum atomic E-state index is 11.4. The monoisotopic (exact) mass is 231 g/mol. The third-order valence-electron chi connectivity index (χ3n) is 2.44. The van der Waals surface area contributed by atoms with Gasteiger partial charge in [-0.1, -0.05) is 12.1 Å². The number of carbonyl (C=O) groups excluding carboxylic acids is 1. The van der Waals surface area contributed by atoms with Crippen LogP contribution >= 0.6 is 0 Å². The van der Waals surface area contributed by atoms with Crippen LogP contribution in [0.5, 0.6) is 0 Å². The van der Waals surface area contributed by atoms with Gasteiger partial charge >= 0.3 is 0 Å². The van der Waals surface area contributed by atoms with Crippen LogP contribution in [-0.4, -0.2) is 18.5 Å². The van der Waals surface area contributed by atoms with E-state index in [0.717, 1.165) is 5.56 Å². The summed E-state index contributed by atoms with van der Waals surface area (Å²) in [5.74, 6) is 0.00106. The molecule has 1 rings (SSSR count). The molecule has 4 nitrogen and oxygen atoms in total. The molecule has 0 aromatic heterocycles. The summed E-state index contributed by atoms with van der Waals surface area (Å²) in [6.07, 6.45) is 0. The summed E-state index contributed by atoms with van der Waals surface area (Å²) < 4.78 is 0. The van der Waals surface area contributed by atoms with Gasteiger partial charge in [0.1, 0.15) is 0 Å². The Labute approximate surface area is 102 Å². The Bertz CT molecular complexity index is 406. The average molecular weight is 231 g/mol. The minimum Gasteiger partial charge on any atom is -0.355 e. The zero-order valence-electron chi connectivity index (χ0n) is 10.2. The second-order valence-corrected chi connectivity index (χ2v) is 3.81. The molecule has 0 spiro atoms. The first-order valence-corrected chi connectivity index (χ1v) is 5.67. The van der Waals surface area contributed by atoms with Gasteiger partial charge in [-0.3, -0.25) is 4.79 Å². The van der Waals surface area contributed by atoms with Gasteiger partial charge in [-0.15, -0.1) is 0 Å². The fraction of sp³-hybridized carbons (Fsp3) is 0.385. The molecule has 1 aromatic rings. The fourth-order valence-corrected chi connectivity index (χ4v) is 1.39. The lowest BCUT2D eigenvalue weighted by Gasteiger charge is -2.13. The summed E-state index contributed by atoms with van der Waals surface area (Å²) in [7, 11) is 0. The molecule has 0 bridgehead atoms. The smallest absolute Gasteiger partial charge is 0.236 e. The molecule has 4 heteroatoms. The second kappa shape index (κ2) is 6.66. The highest BCUT2D eigenvalue weighted by Crippen LogP contribution is 2.03. The van der Waals surface area contributed by atoms with Crippen LogP contribution in [0.2, 0.25) is 0 Å². The molecule has 1 aromatic carbocycles. The first kappa shape index (κ1) is 13.2. The molecule has 0 aliphatic heterocycles. The molecule has 17 heavy (non-hydrogen) atoms. The van der Waals surface area contributed by atoms with Gasteiger partial charge in [-0.25, -0.2) is 0 Å². The second-order valence-electron chi connectivity index (χ2n) is 3.81. The van der Waals surface area contributed by atoms with Crippen molar-refractivity contribution >= 4 is 5.91 Å². The summed E-state index contributed by atoms with van der Waals surface area (Å²) in [4.78, 5) is 11.4. The van der Waals surface area contributed by atoms with E-state index < -0.39 is 0 Å². The Morgan fingerprint density at radius 2 is 2.06 bits per heavy atom. The molecule has 0 aliphatic carbocycles. The summed E-state index contributed by atoms with van der Waals surface area (Å²) in [5, 5.41) is 14.5. The Morgan fingerprint density at radius 3 is 2.59 bits per heavy atom. The number of carbonyl (C=O) groups is 1. The Hall–Kier alpha value is -1.86. The predicted octanol–water partition coefficient (Wildman–Crippen LogP) is 1.17. The lowest BCUT2D eigenvalue weighted by molar-refractivity contribution is -0.122. The third kappa shape index (κ3) is 4.25. The Kier molecular flexibility index (Phi) is 5.18. The van der Waals surface area contributed by atoms with E-state index in [1.54, 1.807) is 12.1 Å².